The predicted molar refractivity (Wildman–Crippen MR) is 109 cm³/mol. The zero-order valence-corrected chi connectivity index (χ0v) is 16.7. The van der Waals surface area contributed by atoms with E-state index in [0.717, 1.165) is 50.1 Å². The molecule has 0 bridgehead atoms. The van der Waals surface area contributed by atoms with Crippen molar-refractivity contribution in [2.45, 2.75) is 26.7 Å². The minimum absolute atomic E-state index is 0.0345. The summed E-state index contributed by atoms with van der Waals surface area (Å²) in [6.45, 7) is 11.7. The summed E-state index contributed by atoms with van der Waals surface area (Å²) in [7, 11) is 0. The van der Waals surface area contributed by atoms with Gasteiger partial charge in [-0.2, -0.15) is 0 Å². The van der Waals surface area contributed by atoms with Gasteiger partial charge in [0.05, 0.1) is 5.69 Å². The van der Waals surface area contributed by atoms with E-state index in [4.69, 9.17) is 0 Å². The molecule has 0 radical (unpaired) electrons. The summed E-state index contributed by atoms with van der Waals surface area (Å²) in [6, 6.07) is 7.42. The largest absolute Gasteiger partial charge is 0.506 e. The van der Waals surface area contributed by atoms with Crippen LogP contribution in [0.5, 0.6) is 5.75 Å². The van der Waals surface area contributed by atoms with E-state index in [-0.39, 0.29) is 6.03 Å². The molecule has 1 aromatic carbocycles. The molecule has 150 valence electrons. The smallest absolute Gasteiger partial charge is 0.317 e. The molecular weight excluding hydrogens is 340 g/mol. The van der Waals surface area contributed by atoms with Crippen molar-refractivity contribution < 1.29 is 9.90 Å². The Morgan fingerprint density at radius 2 is 1.78 bits per heavy atom. The lowest BCUT2D eigenvalue weighted by atomic mass is 9.92. The lowest BCUT2D eigenvalue weighted by Gasteiger charge is -2.36. The monoisotopic (exact) mass is 374 g/mol. The predicted octanol–water partition coefficient (Wildman–Crippen LogP) is 2.59. The van der Waals surface area contributed by atoms with Crippen molar-refractivity contribution in [3.05, 3.63) is 24.3 Å². The van der Waals surface area contributed by atoms with E-state index in [1.807, 2.05) is 23.1 Å². The fraction of sp³-hybridized carbons (Fsp3) is 0.667. The van der Waals surface area contributed by atoms with Gasteiger partial charge in [-0.3, -0.25) is 0 Å². The number of piperazine rings is 1. The minimum atomic E-state index is 0.0345. The molecular formula is C21H34N4O2. The lowest BCUT2D eigenvalue weighted by Crippen LogP contribution is -2.52. The van der Waals surface area contributed by atoms with Gasteiger partial charge in [0, 0.05) is 45.8 Å². The molecule has 2 aliphatic rings. The summed E-state index contributed by atoms with van der Waals surface area (Å²) >= 11 is 0. The highest BCUT2D eigenvalue weighted by Gasteiger charge is 2.23. The maximum absolute atomic E-state index is 12.4. The number of hydrogen-bond acceptors (Lipinski definition) is 4. The molecule has 0 aliphatic carbocycles. The molecule has 0 aromatic heterocycles. The Bertz CT molecular complexity index is 606. The molecule has 27 heavy (non-hydrogen) atoms. The number of phenolic OH excluding ortho intramolecular Hbond substituents is 1. The van der Waals surface area contributed by atoms with E-state index < -0.39 is 0 Å². The number of likely N-dealkylation sites (tertiary alicyclic amines) is 1. The molecule has 2 saturated heterocycles. The third-order valence-corrected chi connectivity index (χ3v) is 5.66. The Kier molecular flexibility index (Phi) is 6.83. The van der Waals surface area contributed by atoms with E-state index in [0.29, 0.717) is 18.8 Å². The van der Waals surface area contributed by atoms with E-state index in [1.54, 1.807) is 6.07 Å². The van der Waals surface area contributed by atoms with Gasteiger partial charge in [0.1, 0.15) is 5.75 Å². The number of amides is 2. The van der Waals surface area contributed by atoms with Gasteiger partial charge in [0.2, 0.25) is 0 Å². The molecule has 2 heterocycles. The van der Waals surface area contributed by atoms with Gasteiger partial charge in [0.15, 0.2) is 0 Å². The quantitative estimate of drug-likeness (QED) is 0.778. The van der Waals surface area contributed by atoms with Crippen molar-refractivity contribution in [2.24, 2.45) is 11.8 Å². The van der Waals surface area contributed by atoms with Gasteiger partial charge in [-0.1, -0.05) is 26.0 Å². The van der Waals surface area contributed by atoms with E-state index in [9.17, 15) is 9.90 Å². The van der Waals surface area contributed by atoms with Crippen LogP contribution in [0.15, 0.2) is 24.3 Å². The van der Waals surface area contributed by atoms with Crippen molar-refractivity contribution in [3.63, 3.8) is 0 Å². The summed E-state index contributed by atoms with van der Waals surface area (Å²) in [5.74, 6) is 1.86. The number of carbonyl (C=O) groups is 1. The normalized spacial score (nSPS) is 24.1. The SMILES string of the molecule is CC1CC(C)CN(CCCNC(=O)N2CCN(c3ccccc3O)CC2)C1. The maximum Gasteiger partial charge on any atom is 0.317 e. The van der Waals surface area contributed by atoms with Crippen LogP contribution in [0.4, 0.5) is 10.5 Å². The van der Waals surface area contributed by atoms with Crippen LogP contribution in [0.2, 0.25) is 0 Å². The highest BCUT2D eigenvalue weighted by molar-refractivity contribution is 5.74. The van der Waals surface area contributed by atoms with Crippen molar-refractivity contribution in [2.75, 3.05) is 57.3 Å². The van der Waals surface area contributed by atoms with Crippen LogP contribution in [-0.4, -0.2) is 73.3 Å². The first-order valence-corrected chi connectivity index (χ1v) is 10.3. The summed E-state index contributed by atoms with van der Waals surface area (Å²) in [6.07, 6.45) is 2.34. The molecule has 3 rings (SSSR count). The number of aromatic hydroxyl groups is 1. The zero-order valence-electron chi connectivity index (χ0n) is 16.7. The molecule has 6 heteroatoms. The molecule has 2 atom stereocenters. The fourth-order valence-electron chi connectivity index (χ4n) is 4.47. The third kappa shape index (κ3) is 5.51. The average Bonchev–Trinajstić information content (AvgIpc) is 2.65. The molecule has 2 fully saturated rings. The van der Waals surface area contributed by atoms with Gasteiger partial charge >= 0.3 is 6.03 Å². The third-order valence-electron chi connectivity index (χ3n) is 5.66. The topological polar surface area (TPSA) is 59.1 Å². The van der Waals surface area contributed by atoms with Crippen molar-refractivity contribution >= 4 is 11.7 Å². The second-order valence-electron chi connectivity index (χ2n) is 8.25. The first-order chi connectivity index (χ1) is 13.0. The number of phenols is 1. The Labute approximate surface area is 163 Å². The summed E-state index contributed by atoms with van der Waals surface area (Å²) in [5.41, 5.74) is 0.850. The summed E-state index contributed by atoms with van der Waals surface area (Å²) in [5, 5.41) is 13.1. The Balaban J connectivity index is 1.34. The summed E-state index contributed by atoms with van der Waals surface area (Å²) < 4.78 is 0. The number of piperidine rings is 1. The Morgan fingerprint density at radius 3 is 2.44 bits per heavy atom. The average molecular weight is 375 g/mol. The molecule has 2 unspecified atom stereocenters. The van der Waals surface area contributed by atoms with Crippen LogP contribution in [0, 0.1) is 11.8 Å². The number of rotatable bonds is 5. The number of benzene rings is 1. The van der Waals surface area contributed by atoms with Crippen LogP contribution >= 0.6 is 0 Å². The zero-order chi connectivity index (χ0) is 19.2. The number of urea groups is 1. The number of anilines is 1. The van der Waals surface area contributed by atoms with Crippen LogP contribution < -0.4 is 10.2 Å². The Morgan fingerprint density at radius 1 is 1.11 bits per heavy atom. The molecule has 6 nitrogen and oxygen atoms in total. The lowest BCUT2D eigenvalue weighted by molar-refractivity contribution is 0.139. The highest BCUT2D eigenvalue weighted by Crippen LogP contribution is 2.27. The molecule has 2 amide bonds. The van der Waals surface area contributed by atoms with Gasteiger partial charge < -0.3 is 25.1 Å². The van der Waals surface area contributed by atoms with E-state index in [1.165, 1.54) is 19.5 Å². The molecule has 2 N–H and O–H groups in total. The maximum atomic E-state index is 12.4. The van der Waals surface area contributed by atoms with Gasteiger partial charge in [0.25, 0.3) is 0 Å². The molecule has 2 aliphatic heterocycles. The van der Waals surface area contributed by atoms with E-state index >= 15 is 0 Å². The summed E-state index contributed by atoms with van der Waals surface area (Å²) in [4.78, 5) is 18.9. The number of hydrogen-bond donors (Lipinski definition) is 2. The molecule has 0 spiro atoms. The number of nitrogens with zero attached hydrogens (tertiary/aromatic N) is 3. The molecule has 1 aromatic rings. The fourth-order valence-corrected chi connectivity index (χ4v) is 4.47. The second kappa shape index (κ2) is 9.31. The standard InChI is InChI=1S/C21H34N4O2/c1-17-14-18(2)16-23(15-17)9-5-8-22-21(27)25-12-10-24(11-13-25)19-6-3-4-7-20(19)26/h3-4,6-7,17-18,26H,5,8-16H2,1-2H3,(H,22,27). The van der Waals surface area contributed by atoms with Gasteiger partial charge in [-0.25, -0.2) is 4.79 Å². The van der Waals surface area contributed by atoms with Crippen LogP contribution in [0.3, 0.4) is 0 Å². The van der Waals surface area contributed by atoms with E-state index in [2.05, 4.69) is 29.0 Å². The first-order valence-electron chi connectivity index (χ1n) is 10.3. The van der Waals surface area contributed by atoms with Gasteiger partial charge in [-0.05, 0) is 43.4 Å². The van der Waals surface area contributed by atoms with Crippen LogP contribution in [0.1, 0.15) is 26.7 Å². The van der Waals surface area contributed by atoms with Crippen molar-refractivity contribution in [3.8, 4) is 5.75 Å². The van der Waals surface area contributed by atoms with Crippen molar-refractivity contribution in [1.82, 2.24) is 15.1 Å². The van der Waals surface area contributed by atoms with Crippen LogP contribution in [0.25, 0.3) is 0 Å². The van der Waals surface area contributed by atoms with Crippen LogP contribution in [-0.2, 0) is 0 Å². The Hall–Kier alpha value is -1.95. The van der Waals surface area contributed by atoms with Crippen molar-refractivity contribution in [1.29, 1.82) is 0 Å². The number of nitrogens with one attached hydrogen (secondary N) is 1. The molecule has 0 saturated carbocycles. The second-order valence-corrected chi connectivity index (χ2v) is 8.25. The van der Waals surface area contributed by atoms with Gasteiger partial charge in [-0.15, -0.1) is 0 Å². The minimum Gasteiger partial charge on any atom is -0.506 e. The number of carbonyl (C=O) groups excluding carboxylic acids is 1. The first kappa shape index (κ1) is 19.8. The highest BCUT2D eigenvalue weighted by atomic mass is 16.3. The number of para-hydroxylation sites is 2.